The number of hydrogen-bond acceptors (Lipinski definition) is 7. The van der Waals surface area contributed by atoms with Gasteiger partial charge in [-0.25, -0.2) is 15.0 Å². The maximum Gasteiger partial charge on any atom is 0.172 e. The zero-order chi connectivity index (χ0) is 32.4. The quantitative estimate of drug-likeness (QED) is 0.0853. The van der Waals surface area contributed by atoms with Gasteiger partial charge < -0.3 is 18.9 Å². The Morgan fingerprint density at radius 2 is 1.02 bits per heavy atom. The van der Waals surface area contributed by atoms with Gasteiger partial charge in [-0.05, 0) is 48.9 Å². The van der Waals surface area contributed by atoms with Crippen molar-refractivity contribution in [3.8, 4) is 34.4 Å². The summed E-state index contributed by atoms with van der Waals surface area (Å²) in [5, 5.41) is 0. The van der Waals surface area contributed by atoms with Gasteiger partial charge in [-0.15, -0.1) is 0 Å². The van der Waals surface area contributed by atoms with E-state index in [1.807, 2.05) is 18.2 Å². The number of benzene rings is 3. The van der Waals surface area contributed by atoms with E-state index in [4.69, 9.17) is 18.9 Å². The first kappa shape index (κ1) is 34.7. The molecule has 0 aliphatic heterocycles. The number of nitrogens with zero attached hydrogens (tertiary/aromatic N) is 3. The summed E-state index contributed by atoms with van der Waals surface area (Å²) in [6.07, 6.45) is 14.0. The van der Waals surface area contributed by atoms with Crippen LogP contribution >= 0.6 is 0 Å². The van der Waals surface area contributed by atoms with Gasteiger partial charge in [0.25, 0.3) is 0 Å². The van der Waals surface area contributed by atoms with E-state index in [0.29, 0.717) is 43.8 Å². The summed E-state index contributed by atoms with van der Waals surface area (Å²) in [5.74, 6) is 3.56. The molecular weight excluding hydrogens is 574 g/mol. The fraction of sp³-hybridized carbons (Fsp3) is 0.462. The summed E-state index contributed by atoms with van der Waals surface area (Å²) in [5.41, 5.74) is 5.12. The molecule has 0 amide bonds. The topological polar surface area (TPSA) is 75.6 Å². The Kier molecular flexibility index (Phi) is 14.6. The molecule has 4 rings (SSSR count). The molecule has 0 atom stereocenters. The highest BCUT2D eigenvalue weighted by molar-refractivity contribution is 5.68. The Morgan fingerprint density at radius 3 is 1.57 bits per heavy atom. The molecular formula is C39H51N3O4. The van der Waals surface area contributed by atoms with Gasteiger partial charge in [0.05, 0.1) is 18.8 Å². The molecule has 0 radical (unpaired) electrons. The van der Waals surface area contributed by atoms with Gasteiger partial charge in [-0.1, -0.05) is 109 Å². The third-order valence-corrected chi connectivity index (χ3v) is 8.07. The molecule has 4 aromatic rings. The fourth-order valence-electron chi connectivity index (χ4n) is 5.48. The van der Waals surface area contributed by atoms with Crippen molar-refractivity contribution in [2.24, 2.45) is 0 Å². The van der Waals surface area contributed by atoms with E-state index in [0.717, 1.165) is 53.9 Å². The molecule has 0 spiro atoms. The van der Waals surface area contributed by atoms with Crippen LogP contribution in [0.3, 0.4) is 0 Å². The standard InChI is InChI=1S/C39H51N3O4/c1-5-9-11-13-24-43-36-30(7-3)18-15-20-32(36)26-45-35-23-17-22-34(39-41-28-40-29-42-39)38(35)46-27-33-21-16-19-31(8-4)37(33)44-25-14-12-10-6-2/h15-23,28-29H,5-14,24-27H2,1-4H3. The Balaban J connectivity index is 1.59. The summed E-state index contributed by atoms with van der Waals surface area (Å²) < 4.78 is 25.9. The smallest absolute Gasteiger partial charge is 0.172 e. The summed E-state index contributed by atoms with van der Waals surface area (Å²) in [6, 6.07) is 18.4. The highest BCUT2D eigenvalue weighted by Gasteiger charge is 2.19. The normalized spacial score (nSPS) is 11.0. The molecule has 1 aromatic heterocycles. The lowest BCUT2D eigenvalue weighted by molar-refractivity contribution is 0.242. The molecule has 3 aromatic carbocycles. The van der Waals surface area contributed by atoms with E-state index in [9.17, 15) is 0 Å². The van der Waals surface area contributed by atoms with Gasteiger partial charge in [-0.3, -0.25) is 0 Å². The van der Waals surface area contributed by atoms with Crippen molar-refractivity contribution in [3.63, 3.8) is 0 Å². The van der Waals surface area contributed by atoms with Crippen molar-refractivity contribution in [2.45, 2.75) is 105 Å². The second-order valence-corrected chi connectivity index (χ2v) is 11.5. The molecule has 0 unspecified atom stereocenters. The van der Waals surface area contributed by atoms with Gasteiger partial charge in [0.2, 0.25) is 0 Å². The van der Waals surface area contributed by atoms with Gasteiger partial charge in [-0.2, -0.15) is 0 Å². The lowest BCUT2D eigenvalue weighted by Gasteiger charge is -2.20. The molecule has 0 N–H and O–H groups in total. The van der Waals surface area contributed by atoms with Crippen LogP contribution in [0.5, 0.6) is 23.0 Å². The number of para-hydroxylation sites is 3. The Hall–Kier alpha value is -4.13. The van der Waals surface area contributed by atoms with Crippen molar-refractivity contribution < 1.29 is 18.9 Å². The highest BCUT2D eigenvalue weighted by atomic mass is 16.5. The molecule has 0 saturated carbocycles. The maximum absolute atomic E-state index is 6.62. The third-order valence-electron chi connectivity index (χ3n) is 8.07. The highest BCUT2D eigenvalue weighted by Crippen LogP contribution is 2.39. The SMILES string of the molecule is CCCCCCOc1c(CC)cccc1COc1cccc(-c2ncncn2)c1OCc1cccc(CC)c1OCCCCCC. The molecule has 1 heterocycles. The third kappa shape index (κ3) is 9.93. The minimum absolute atomic E-state index is 0.314. The summed E-state index contributed by atoms with van der Waals surface area (Å²) >= 11 is 0. The molecule has 0 saturated heterocycles. The van der Waals surface area contributed by atoms with E-state index >= 15 is 0 Å². The maximum atomic E-state index is 6.62. The fourth-order valence-corrected chi connectivity index (χ4v) is 5.48. The zero-order valence-electron chi connectivity index (χ0n) is 28.2. The number of rotatable bonds is 21. The predicted octanol–water partition coefficient (Wildman–Crippen LogP) is 9.74. The van der Waals surface area contributed by atoms with Crippen LogP contribution in [-0.4, -0.2) is 28.2 Å². The molecule has 7 nitrogen and oxygen atoms in total. The minimum Gasteiger partial charge on any atom is -0.493 e. The second-order valence-electron chi connectivity index (χ2n) is 11.5. The van der Waals surface area contributed by atoms with Crippen molar-refractivity contribution in [1.29, 1.82) is 0 Å². The van der Waals surface area contributed by atoms with Crippen molar-refractivity contribution >= 4 is 0 Å². The Morgan fingerprint density at radius 1 is 0.500 bits per heavy atom. The van der Waals surface area contributed by atoms with Gasteiger partial charge in [0.1, 0.15) is 37.4 Å². The van der Waals surface area contributed by atoms with Crippen LogP contribution in [0.1, 0.15) is 101 Å². The van der Waals surface area contributed by atoms with Crippen LogP contribution in [0, 0.1) is 0 Å². The first-order valence-corrected chi connectivity index (χ1v) is 17.2. The molecule has 0 aliphatic carbocycles. The first-order valence-electron chi connectivity index (χ1n) is 17.2. The van der Waals surface area contributed by atoms with E-state index < -0.39 is 0 Å². The summed E-state index contributed by atoms with van der Waals surface area (Å²) in [7, 11) is 0. The van der Waals surface area contributed by atoms with Crippen molar-refractivity contribution in [1.82, 2.24) is 15.0 Å². The average Bonchev–Trinajstić information content (AvgIpc) is 3.10. The number of unbranched alkanes of at least 4 members (excludes halogenated alkanes) is 6. The zero-order valence-corrected chi connectivity index (χ0v) is 28.2. The summed E-state index contributed by atoms with van der Waals surface area (Å²) in [6.45, 7) is 10.8. The largest absolute Gasteiger partial charge is 0.493 e. The van der Waals surface area contributed by atoms with E-state index in [1.54, 1.807) is 0 Å². The van der Waals surface area contributed by atoms with Crippen LogP contribution < -0.4 is 18.9 Å². The lowest BCUT2D eigenvalue weighted by Crippen LogP contribution is -2.08. The van der Waals surface area contributed by atoms with Crippen LogP contribution in [0.15, 0.2) is 67.3 Å². The molecule has 46 heavy (non-hydrogen) atoms. The van der Waals surface area contributed by atoms with E-state index in [1.165, 1.54) is 62.3 Å². The monoisotopic (exact) mass is 625 g/mol. The van der Waals surface area contributed by atoms with E-state index in [-0.39, 0.29) is 0 Å². The molecule has 0 bridgehead atoms. The minimum atomic E-state index is 0.314. The van der Waals surface area contributed by atoms with Gasteiger partial charge >= 0.3 is 0 Å². The molecule has 0 aliphatic rings. The van der Waals surface area contributed by atoms with Crippen LogP contribution in [0.25, 0.3) is 11.4 Å². The van der Waals surface area contributed by atoms with Crippen molar-refractivity contribution in [2.75, 3.05) is 13.2 Å². The first-order chi connectivity index (χ1) is 22.7. The van der Waals surface area contributed by atoms with Crippen molar-refractivity contribution in [3.05, 3.63) is 89.5 Å². The van der Waals surface area contributed by atoms with Crippen LogP contribution in [0.4, 0.5) is 0 Å². The predicted molar refractivity (Wildman–Crippen MR) is 185 cm³/mol. The molecule has 7 heteroatoms. The molecule has 0 fully saturated rings. The van der Waals surface area contributed by atoms with Crippen LogP contribution in [0.2, 0.25) is 0 Å². The lowest BCUT2D eigenvalue weighted by atomic mass is 10.1. The average molecular weight is 626 g/mol. The van der Waals surface area contributed by atoms with Gasteiger partial charge in [0.15, 0.2) is 17.3 Å². The van der Waals surface area contributed by atoms with E-state index in [2.05, 4.69) is 79.0 Å². The van der Waals surface area contributed by atoms with Gasteiger partial charge in [0, 0.05) is 11.1 Å². The number of ether oxygens (including phenoxy) is 4. The number of hydrogen-bond donors (Lipinski definition) is 0. The number of aromatic nitrogens is 3. The number of aryl methyl sites for hydroxylation is 2. The summed E-state index contributed by atoms with van der Waals surface area (Å²) in [4.78, 5) is 12.9. The Bertz CT molecular complexity index is 1460. The Labute approximate surface area is 275 Å². The second kappa shape index (κ2) is 19.4. The molecule has 246 valence electrons. The van der Waals surface area contributed by atoms with Crippen LogP contribution in [-0.2, 0) is 26.1 Å².